The minimum absolute atomic E-state index is 0.0858. The number of aromatic nitrogens is 1. The van der Waals surface area contributed by atoms with E-state index in [2.05, 4.69) is 12.2 Å². The Hall–Kier alpha value is -2.01. The lowest BCUT2D eigenvalue weighted by Crippen LogP contribution is -2.44. The van der Waals surface area contributed by atoms with Crippen LogP contribution in [0.2, 0.25) is 0 Å². The number of rotatable bonds is 9. The molecular formula is C20H28N4O4S2. The molecule has 10 heteroatoms. The Morgan fingerprint density at radius 1 is 1.27 bits per heavy atom. The summed E-state index contributed by atoms with van der Waals surface area (Å²) < 4.78 is 29.2. The minimum Gasteiger partial charge on any atom is -0.365 e. The van der Waals surface area contributed by atoms with E-state index in [1.807, 2.05) is 0 Å². The standard InChI is InChI=1S/C20H28N4O4S2/c1-2-3-10-22-15-8-12-24(13-9-15)30(27,28)18-7-6-16(29-18)14-23-11-4-5-17(19(21)25)20(23)26/h4-7,11,15,22H,2-3,8-10,12-14H2,1H3,(H2,21,25). The number of nitrogens with zero attached hydrogens (tertiary/aromatic N) is 2. The molecule has 0 atom stereocenters. The Kier molecular flexibility index (Phi) is 7.45. The van der Waals surface area contributed by atoms with Crippen molar-refractivity contribution in [3.63, 3.8) is 0 Å². The van der Waals surface area contributed by atoms with Gasteiger partial charge in [-0.1, -0.05) is 13.3 Å². The summed E-state index contributed by atoms with van der Waals surface area (Å²) in [5.41, 5.74) is 4.65. The van der Waals surface area contributed by atoms with Crippen molar-refractivity contribution < 1.29 is 13.2 Å². The lowest BCUT2D eigenvalue weighted by atomic mass is 10.1. The molecule has 8 nitrogen and oxygen atoms in total. The third-order valence-electron chi connectivity index (χ3n) is 5.26. The van der Waals surface area contributed by atoms with Crippen LogP contribution in [0.4, 0.5) is 0 Å². The second-order valence-electron chi connectivity index (χ2n) is 7.43. The monoisotopic (exact) mass is 452 g/mol. The third kappa shape index (κ3) is 5.18. The number of nitrogens with one attached hydrogen (secondary N) is 1. The van der Waals surface area contributed by atoms with Crippen LogP contribution in [0, 0.1) is 0 Å². The highest BCUT2D eigenvalue weighted by atomic mass is 32.2. The van der Waals surface area contributed by atoms with Gasteiger partial charge in [-0.2, -0.15) is 4.31 Å². The summed E-state index contributed by atoms with van der Waals surface area (Å²) >= 11 is 1.15. The van der Waals surface area contributed by atoms with Gasteiger partial charge in [0, 0.05) is 30.2 Å². The van der Waals surface area contributed by atoms with Gasteiger partial charge in [-0.05, 0) is 50.1 Å². The van der Waals surface area contributed by atoms with Crippen molar-refractivity contribution in [2.45, 2.75) is 49.4 Å². The molecule has 0 aromatic carbocycles. The predicted molar refractivity (Wildman–Crippen MR) is 117 cm³/mol. The zero-order valence-corrected chi connectivity index (χ0v) is 18.7. The molecule has 1 saturated heterocycles. The molecule has 1 aliphatic heterocycles. The second kappa shape index (κ2) is 9.86. The number of pyridine rings is 1. The molecule has 0 aliphatic carbocycles. The van der Waals surface area contributed by atoms with Gasteiger partial charge in [0.25, 0.3) is 21.5 Å². The van der Waals surface area contributed by atoms with Gasteiger partial charge < -0.3 is 15.6 Å². The number of hydrogen-bond donors (Lipinski definition) is 2. The van der Waals surface area contributed by atoms with Crippen molar-refractivity contribution in [2.24, 2.45) is 5.73 Å². The topological polar surface area (TPSA) is 114 Å². The van der Waals surface area contributed by atoms with Crippen molar-refractivity contribution in [2.75, 3.05) is 19.6 Å². The van der Waals surface area contributed by atoms with Crippen molar-refractivity contribution in [3.8, 4) is 0 Å². The summed E-state index contributed by atoms with van der Waals surface area (Å²) in [5, 5.41) is 3.50. The van der Waals surface area contributed by atoms with Crippen LogP contribution in [0.15, 0.2) is 39.5 Å². The number of unbranched alkanes of at least 4 members (excludes halogenated alkanes) is 1. The molecule has 0 bridgehead atoms. The first-order valence-corrected chi connectivity index (χ1v) is 12.4. The van der Waals surface area contributed by atoms with Gasteiger partial charge in [-0.3, -0.25) is 9.59 Å². The molecule has 0 unspecified atom stereocenters. The molecular weight excluding hydrogens is 424 g/mol. The van der Waals surface area contributed by atoms with Crippen LogP contribution >= 0.6 is 11.3 Å². The first-order valence-electron chi connectivity index (χ1n) is 10.1. The number of hydrogen-bond acceptors (Lipinski definition) is 6. The lowest BCUT2D eigenvalue weighted by Gasteiger charge is -2.31. The lowest BCUT2D eigenvalue weighted by molar-refractivity contribution is 0.0998. The van der Waals surface area contributed by atoms with Crippen LogP contribution in [0.5, 0.6) is 0 Å². The van der Waals surface area contributed by atoms with Crippen LogP contribution in [0.1, 0.15) is 47.8 Å². The number of piperidine rings is 1. The fourth-order valence-electron chi connectivity index (χ4n) is 3.51. The van der Waals surface area contributed by atoms with Crippen LogP contribution in [0.25, 0.3) is 0 Å². The third-order valence-corrected chi connectivity index (χ3v) is 8.70. The van der Waals surface area contributed by atoms with Gasteiger partial charge in [0.15, 0.2) is 0 Å². The average Bonchev–Trinajstić information content (AvgIpc) is 3.19. The molecule has 164 valence electrons. The van der Waals surface area contributed by atoms with Gasteiger partial charge in [0.05, 0.1) is 6.54 Å². The van der Waals surface area contributed by atoms with Gasteiger partial charge in [0.1, 0.15) is 9.77 Å². The summed E-state index contributed by atoms with van der Waals surface area (Å²) in [4.78, 5) is 24.4. The fraction of sp³-hybridized carbons (Fsp3) is 0.500. The van der Waals surface area contributed by atoms with Crippen molar-refractivity contribution in [1.29, 1.82) is 0 Å². The minimum atomic E-state index is -3.55. The molecule has 0 spiro atoms. The molecule has 3 heterocycles. The number of nitrogens with two attached hydrogens (primary N) is 1. The Morgan fingerprint density at radius 2 is 2.00 bits per heavy atom. The molecule has 0 saturated carbocycles. The first kappa shape index (κ1) is 22.7. The summed E-state index contributed by atoms with van der Waals surface area (Å²) in [6.45, 7) is 4.30. The van der Waals surface area contributed by atoms with Gasteiger partial charge in [-0.25, -0.2) is 8.42 Å². The van der Waals surface area contributed by atoms with E-state index in [9.17, 15) is 18.0 Å². The molecule has 1 amide bonds. The first-order chi connectivity index (χ1) is 14.3. The molecule has 0 radical (unpaired) electrons. The van der Waals surface area contributed by atoms with Crippen LogP contribution in [-0.4, -0.2) is 48.9 Å². The van der Waals surface area contributed by atoms with Gasteiger partial charge >= 0.3 is 0 Å². The number of carbonyl (C=O) groups excluding carboxylic acids is 1. The van der Waals surface area contributed by atoms with Crippen LogP contribution in [0.3, 0.4) is 0 Å². The van der Waals surface area contributed by atoms with E-state index in [0.717, 1.165) is 43.6 Å². The summed E-state index contributed by atoms with van der Waals surface area (Å²) in [6, 6.07) is 6.62. The Bertz CT molecular complexity index is 1040. The van der Waals surface area contributed by atoms with Crippen molar-refractivity contribution in [3.05, 3.63) is 51.3 Å². The number of carbonyl (C=O) groups is 1. The highest BCUT2D eigenvalue weighted by Gasteiger charge is 2.30. The SMILES string of the molecule is CCCCNC1CCN(S(=O)(=O)c2ccc(Cn3cccc(C(N)=O)c3=O)s2)CC1. The van der Waals surface area contributed by atoms with E-state index >= 15 is 0 Å². The highest BCUT2D eigenvalue weighted by molar-refractivity contribution is 7.91. The molecule has 3 rings (SSSR count). The van der Waals surface area contributed by atoms with Crippen molar-refractivity contribution in [1.82, 2.24) is 14.2 Å². The molecule has 1 aliphatic rings. The van der Waals surface area contributed by atoms with E-state index in [4.69, 9.17) is 5.73 Å². The van der Waals surface area contributed by atoms with E-state index in [0.29, 0.717) is 24.0 Å². The maximum atomic E-state index is 13.0. The quantitative estimate of drug-likeness (QED) is 0.561. The highest BCUT2D eigenvalue weighted by Crippen LogP contribution is 2.27. The van der Waals surface area contributed by atoms with Crippen LogP contribution < -0.4 is 16.6 Å². The maximum Gasteiger partial charge on any atom is 0.263 e. The Morgan fingerprint density at radius 3 is 2.67 bits per heavy atom. The maximum absolute atomic E-state index is 13.0. The smallest absolute Gasteiger partial charge is 0.263 e. The fourth-order valence-corrected chi connectivity index (χ4v) is 6.49. The number of sulfonamides is 1. The van der Waals surface area contributed by atoms with Gasteiger partial charge in [0.2, 0.25) is 0 Å². The zero-order chi connectivity index (χ0) is 21.7. The molecule has 3 N–H and O–H groups in total. The second-order valence-corrected chi connectivity index (χ2v) is 10.8. The van der Waals surface area contributed by atoms with E-state index in [-0.39, 0.29) is 16.3 Å². The summed E-state index contributed by atoms with van der Waals surface area (Å²) in [5.74, 6) is -0.781. The van der Waals surface area contributed by atoms with E-state index in [1.54, 1.807) is 28.7 Å². The van der Waals surface area contributed by atoms with Gasteiger partial charge in [-0.15, -0.1) is 11.3 Å². The number of amides is 1. The van der Waals surface area contributed by atoms with Crippen LogP contribution in [-0.2, 0) is 16.6 Å². The molecule has 1 fully saturated rings. The molecule has 30 heavy (non-hydrogen) atoms. The van der Waals surface area contributed by atoms with E-state index < -0.39 is 21.5 Å². The summed E-state index contributed by atoms with van der Waals surface area (Å²) in [6.07, 6.45) is 5.42. The zero-order valence-electron chi connectivity index (χ0n) is 17.0. The normalized spacial score (nSPS) is 16.0. The largest absolute Gasteiger partial charge is 0.365 e. The van der Waals surface area contributed by atoms with Crippen molar-refractivity contribution >= 4 is 27.3 Å². The van der Waals surface area contributed by atoms with E-state index in [1.165, 1.54) is 10.6 Å². The molecule has 2 aromatic rings. The Labute approximate surface area is 180 Å². The number of primary amides is 1. The molecule has 2 aromatic heterocycles. The Balaban J connectivity index is 1.67. The average molecular weight is 453 g/mol. The summed E-state index contributed by atoms with van der Waals surface area (Å²) in [7, 11) is -3.55. The number of thiophene rings is 1. The predicted octanol–water partition coefficient (Wildman–Crippen LogP) is 1.60.